The van der Waals surface area contributed by atoms with Crippen LogP contribution in [-0.4, -0.2) is 68.9 Å². The number of nitrogens with two attached hydrogens (primary N) is 1. The second-order valence-electron chi connectivity index (χ2n) is 5.88. The summed E-state index contributed by atoms with van der Waals surface area (Å²) in [4.78, 5) is 20.2. The zero-order chi connectivity index (χ0) is 16.8. The van der Waals surface area contributed by atoms with Gasteiger partial charge in [0, 0.05) is 47.1 Å². The number of anilines is 1. The molecule has 0 saturated carbocycles. The summed E-state index contributed by atoms with van der Waals surface area (Å²) in [6.45, 7) is 2.79. The molecule has 2 atom stereocenters. The van der Waals surface area contributed by atoms with Crippen LogP contribution in [0.5, 0.6) is 0 Å². The van der Waals surface area contributed by atoms with Gasteiger partial charge in [-0.2, -0.15) is 0 Å². The van der Waals surface area contributed by atoms with Crippen LogP contribution in [0.2, 0.25) is 0 Å². The van der Waals surface area contributed by atoms with Crippen molar-refractivity contribution >= 4 is 11.7 Å². The highest BCUT2D eigenvalue weighted by molar-refractivity contribution is 5.80. The highest BCUT2D eigenvalue weighted by Crippen LogP contribution is 2.22. The number of pyridine rings is 1. The summed E-state index contributed by atoms with van der Waals surface area (Å²) in [5.74, 6) is 0.599. The number of methoxy groups -OCH3 is 2. The fraction of sp³-hybridized carbons (Fsp3) is 0.625. The van der Waals surface area contributed by atoms with Gasteiger partial charge in [-0.15, -0.1) is 0 Å². The van der Waals surface area contributed by atoms with Crippen LogP contribution in [0.4, 0.5) is 5.82 Å². The van der Waals surface area contributed by atoms with Crippen LogP contribution in [-0.2, 0) is 20.8 Å². The molecule has 7 nitrogen and oxygen atoms in total. The van der Waals surface area contributed by atoms with Crippen molar-refractivity contribution in [2.24, 2.45) is 5.73 Å². The maximum absolute atomic E-state index is 11.6. The largest absolute Gasteiger partial charge is 0.383 e. The molecule has 0 bridgehead atoms. The monoisotopic (exact) mass is 322 g/mol. The Bertz CT molecular complexity index is 509. The van der Waals surface area contributed by atoms with Crippen LogP contribution >= 0.6 is 0 Å². The number of nitrogens with zero attached hydrogens (tertiary/aromatic N) is 3. The van der Waals surface area contributed by atoms with Crippen LogP contribution in [0.3, 0.4) is 0 Å². The first kappa shape index (κ1) is 17.7. The predicted molar refractivity (Wildman–Crippen MR) is 88.2 cm³/mol. The average Bonchev–Trinajstić information content (AvgIpc) is 2.96. The molecule has 128 valence electrons. The second-order valence-corrected chi connectivity index (χ2v) is 5.88. The third-order valence-electron chi connectivity index (χ3n) is 4.24. The molecule has 0 aromatic carbocycles. The summed E-state index contributed by atoms with van der Waals surface area (Å²) < 4.78 is 10.4. The van der Waals surface area contributed by atoms with E-state index >= 15 is 0 Å². The number of rotatable bonds is 8. The van der Waals surface area contributed by atoms with Crippen molar-refractivity contribution in [1.82, 2.24) is 9.88 Å². The first-order valence-corrected chi connectivity index (χ1v) is 7.76. The minimum atomic E-state index is -0.298. The Kier molecular flexibility index (Phi) is 6.32. The van der Waals surface area contributed by atoms with Crippen LogP contribution < -0.4 is 10.6 Å². The van der Waals surface area contributed by atoms with Gasteiger partial charge in [0.2, 0.25) is 5.91 Å². The van der Waals surface area contributed by atoms with Gasteiger partial charge in [0.05, 0.1) is 18.8 Å². The molecule has 1 amide bonds. The van der Waals surface area contributed by atoms with E-state index in [0.29, 0.717) is 26.1 Å². The molecule has 7 heteroatoms. The highest BCUT2D eigenvalue weighted by Gasteiger charge is 2.35. The lowest BCUT2D eigenvalue weighted by Gasteiger charge is -2.22. The molecule has 2 heterocycles. The molecule has 1 aliphatic heterocycles. The van der Waals surface area contributed by atoms with Crippen molar-refractivity contribution in [3.63, 3.8) is 0 Å². The molecule has 0 aliphatic carbocycles. The van der Waals surface area contributed by atoms with Crippen LogP contribution in [0.25, 0.3) is 0 Å². The average molecular weight is 322 g/mol. The second kappa shape index (κ2) is 8.24. The fourth-order valence-corrected chi connectivity index (χ4v) is 2.82. The number of ether oxygens (including phenoxy) is 2. The topological polar surface area (TPSA) is 80.9 Å². The van der Waals surface area contributed by atoms with E-state index in [1.807, 2.05) is 30.3 Å². The first-order valence-electron chi connectivity index (χ1n) is 7.76. The van der Waals surface area contributed by atoms with Crippen LogP contribution in [0, 0.1) is 0 Å². The van der Waals surface area contributed by atoms with E-state index in [0.717, 1.165) is 17.9 Å². The van der Waals surface area contributed by atoms with E-state index in [1.54, 1.807) is 14.2 Å². The molecule has 0 radical (unpaired) electrons. The minimum Gasteiger partial charge on any atom is -0.383 e. The Morgan fingerprint density at radius 2 is 2.26 bits per heavy atom. The molecular weight excluding hydrogens is 296 g/mol. The van der Waals surface area contributed by atoms with E-state index in [4.69, 9.17) is 15.2 Å². The molecule has 2 rings (SSSR count). The first-order chi connectivity index (χ1) is 11.0. The molecule has 1 aromatic heterocycles. The molecular formula is C16H26N4O3. The normalized spacial score (nSPS) is 21.5. The Morgan fingerprint density at radius 3 is 2.83 bits per heavy atom. The van der Waals surface area contributed by atoms with E-state index in [1.165, 1.54) is 0 Å². The van der Waals surface area contributed by atoms with Gasteiger partial charge in [-0.3, -0.25) is 9.69 Å². The predicted octanol–water partition coefficient (Wildman–Crippen LogP) is 0.239. The van der Waals surface area contributed by atoms with Gasteiger partial charge >= 0.3 is 0 Å². The summed E-state index contributed by atoms with van der Waals surface area (Å²) in [6, 6.07) is 3.74. The smallest absolute Gasteiger partial charge is 0.234 e. The van der Waals surface area contributed by atoms with Crippen LogP contribution in [0.15, 0.2) is 18.3 Å². The Balaban J connectivity index is 1.98. The number of likely N-dealkylation sites (N-methyl/N-ethyl adjacent to an activating group) is 1. The van der Waals surface area contributed by atoms with E-state index in [2.05, 4.69) is 9.88 Å². The highest BCUT2D eigenvalue weighted by atomic mass is 16.5. The number of carbonyl (C=O) groups excluding carboxylic acids is 1. The molecule has 1 saturated heterocycles. The molecule has 0 spiro atoms. The fourth-order valence-electron chi connectivity index (χ4n) is 2.82. The Hall–Kier alpha value is -1.70. The van der Waals surface area contributed by atoms with Gasteiger partial charge in [-0.1, -0.05) is 6.07 Å². The van der Waals surface area contributed by atoms with E-state index in [-0.39, 0.29) is 18.1 Å². The quantitative estimate of drug-likeness (QED) is 0.738. The Labute approximate surface area is 137 Å². The van der Waals surface area contributed by atoms with Gasteiger partial charge in [-0.05, 0) is 18.1 Å². The maximum atomic E-state index is 11.6. The zero-order valence-corrected chi connectivity index (χ0v) is 14.1. The lowest BCUT2D eigenvalue weighted by atomic mass is 10.2. The number of hydrogen-bond acceptors (Lipinski definition) is 6. The number of carbonyl (C=O) groups is 1. The van der Waals surface area contributed by atoms with Crippen molar-refractivity contribution in [2.45, 2.75) is 25.1 Å². The maximum Gasteiger partial charge on any atom is 0.234 e. The standard InChI is InChI=1S/C16H26N4O3/c1-19(6-7-22-2)15-5-4-12(9-18-15)10-20-11-13(23-3)8-14(20)16(17)21/h4-5,9,13-14H,6-8,10-11H2,1-3H3,(H2,17,21)/t13-,14-/m0/s1. The van der Waals surface area contributed by atoms with Crippen molar-refractivity contribution in [3.05, 3.63) is 23.9 Å². The van der Waals surface area contributed by atoms with Crippen molar-refractivity contribution < 1.29 is 14.3 Å². The minimum absolute atomic E-state index is 0.0555. The van der Waals surface area contributed by atoms with Crippen molar-refractivity contribution in [1.29, 1.82) is 0 Å². The number of aromatic nitrogens is 1. The van der Waals surface area contributed by atoms with Crippen LogP contribution in [0.1, 0.15) is 12.0 Å². The number of amides is 1. The third-order valence-corrected chi connectivity index (χ3v) is 4.24. The van der Waals surface area contributed by atoms with E-state index in [9.17, 15) is 4.79 Å². The van der Waals surface area contributed by atoms with Gasteiger partial charge < -0.3 is 20.1 Å². The van der Waals surface area contributed by atoms with Gasteiger partial charge in [0.15, 0.2) is 0 Å². The van der Waals surface area contributed by atoms with Gasteiger partial charge in [0.25, 0.3) is 0 Å². The van der Waals surface area contributed by atoms with Crippen molar-refractivity contribution in [2.75, 3.05) is 45.9 Å². The number of likely N-dealkylation sites (tertiary alicyclic amines) is 1. The third kappa shape index (κ3) is 4.63. The summed E-state index contributed by atoms with van der Waals surface area (Å²) in [6.07, 6.45) is 2.55. The molecule has 1 aromatic rings. The molecule has 2 N–H and O–H groups in total. The summed E-state index contributed by atoms with van der Waals surface area (Å²) in [5, 5.41) is 0. The Morgan fingerprint density at radius 1 is 1.48 bits per heavy atom. The lowest BCUT2D eigenvalue weighted by molar-refractivity contribution is -0.122. The molecule has 1 aliphatic rings. The van der Waals surface area contributed by atoms with Gasteiger partial charge in [0.1, 0.15) is 5.82 Å². The number of primary amides is 1. The zero-order valence-electron chi connectivity index (χ0n) is 14.1. The summed E-state index contributed by atoms with van der Waals surface area (Å²) >= 11 is 0. The van der Waals surface area contributed by atoms with Crippen molar-refractivity contribution in [3.8, 4) is 0 Å². The SMILES string of the molecule is COCCN(C)c1ccc(CN2C[C@@H](OC)C[C@H]2C(N)=O)cn1. The van der Waals surface area contributed by atoms with Gasteiger partial charge in [-0.25, -0.2) is 4.98 Å². The van der Waals surface area contributed by atoms with E-state index < -0.39 is 0 Å². The summed E-state index contributed by atoms with van der Waals surface area (Å²) in [7, 11) is 5.33. The summed E-state index contributed by atoms with van der Waals surface area (Å²) in [5.41, 5.74) is 6.55. The molecule has 1 fully saturated rings. The lowest BCUT2D eigenvalue weighted by Crippen LogP contribution is -2.39. The molecule has 23 heavy (non-hydrogen) atoms. The number of hydrogen-bond donors (Lipinski definition) is 1. The molecule has 0 unspecified atom stereocenters.